The van der Waals surface area contributed by atoms with E-state index in [1.165, 1.54) is 6.07 Å². The van der Waals surface area contributed by atoms with Crippen LogP contribution in [-0.4, -0.2) is 11.7 Å². The lowest BCUT2D eigenvalue weighted by Crippen LogP contribution is -2.24. The van der Waals surface area contributed by atoms with Gasteiger partial charge in [0.1, 0.15) is 5.82 Å². The van der Waals surface area contributed by atoms with Gasteiger partial charge in [-0.2, -0.15) is 0 Å². The van der Waals surface area contributed by atoms with Crippen LogP contribution in [0.4, 0.5) is 4.39 Å². The number of benzene rings is 1. The lowest BCUT2D eigenvalue weighted by molar-refractivity contribution is 0.0939. The monoisotopic (exact) mass is 195 g/mol. The first-order valence-electron chi connectivity index (χ1n) is 4.82. The molecule has 2 nitrogen and oxygen atoms in total. The van der Waals surface area contributed by atoms with Crippen LogP contribution in [0.3, 0.4) is 0 Å². The van der Waals surface area contributed by atoms with Crippen molar-refractivity contribution in [1.29, 1.82) is 0 Å². The number of aliphatic hydroxyl groups excluding tert-OH is 1. The van der Waals surface area contributed by atoms with E-state index < -0.39 is 6.10 Å². The van der Waals surface area contributed by atoms with E-state index in [1.807, 2.05) is 0 Å². The van der Waals surface area contributed by atoms with Gasteiger partial charge in [-0.15, -0.1) is 0 Å². The Kier molecular flexibility index (Phi) is 2.29. The Balaban J connectivity index is 2.27. The smallest absolute Gasteiger partial charge is 0.129 e. The molecule has 1 atom stereocenters. The summed E-state index contributed by atoms with van der Waals surface area (Å²) in [6.07, 6.45) is 1.02. The van der Waals surface area contributed by atoms with Gasteiger partial charge in [0.05, 0.1) is 6.10 Å². The minimum Gasteiger partial charge on any atom is -0.388 e. The molecule has 0 spiro atoms. The van der Waals surface area contributed by atoms with Crippen LogP contribution in [0, 0.1) is 11.2 Å². The molecule has 0 aliphatic heterocycles. The summed E-state index contributed by atoms with van der Waals surface area (Å²) in [6.45, 7) is 0.419. The minimum absolute atomic E-state index is 0.262. The molecule has 0 aromatic heterocycles. The van der Waals surface area contributed by atoms with Gasteiger partial charge in [0.25, 0.3) is 0 Å². The second-order valence-electron chi connectivity index (χ2n) is 3.99. The van der Waals surface area contributed by atoms with Crippen molar-refractivity contribution in [2.45, 2.75) is 18.9 Å². The van der Waals surface area contributed by atoms with Gasteiger partial charge in [-0.25, -0.2) is 4.39 Å². The van der Waals surface area contributed by atoms with E-state index in [9.17, 15) is 9.50 Å². The SMILES string of the molecule is NCC1(C(O)c2ccccc2F)CC1. The van der Waals surface area contributed by atoms with Gasteiger partial charge >= 0.3 is 0 Å². The van der Waals surface area contributed by atoms with E-state index in [0.29, 0.717) is 12.1 Å². The topological polar surface area (TPSA) is 46.2 Å². The first-order chi connectivity index (χ1) is 6.69. The van der Waals surface area contributed by atoms with Crippen LogP contribution in [-0.2, 0) is 0 Å². The molecular formula is C11H14FNO. The molecule has 1 aliphatic carbocycles. The zero-order valence-electron chi connectivity index (χ0n) is 7.91. The summed E-state index contributed by atoms with van der Waals surface area (Å²) in [5.74, 6) is -0.347. The number of nitrogens with two attached hydrogens (primary N) is 1. The quantitative estimate of drug-likeness (QED) is 0.769. The number of rotatable bonds is 3. The molecule has 3 N–H and O–H groups in total. The van der Waals surface area contributed by atoms with Crippen LogP contribution in [0.5, 0.6) is 0 Å². The highest BCUT2D eigenvalue weighted by Crippen LogP contribution is 2.54. The fourth-order valence-electron chi connectivity index (χ4n) is 1.78. The Morgan fingerprint density at radius 2 is 2.07 bits per heavy atom. The van der Waals surface area contributed by atoms with E-state index >= 15 is 0 Å². The zero-order chi connectivity index (χ0) is 10.2. The minimum atomic E-state index is -0.756. The van der Waals surface area contributed by atoms with E-state index in [2.05, 4.69) is 0 Å². The highest BCUT2D eigenvalue weighted by atomic mass is 19.1. The van der Waals surface area contributed by atoms with E-state index in [4.69, 9.17) is 5.73 Å². The largest absolute Gasteiger partial charge is 0.388 e. The third-order valence-corrected chi connectivity index (χ3v) is 3.08. The zero-order valence-corrected chi connectivity index (χ0v) is 7.91. The van der Waals surface area contributed by atoms with Crippen molar-refractivity contribution < 1.29 is 9.50 Å². The van der Waals surface area contributed by atoms with Crippen molar-refractivity contribution in [3.63, 3.8) is 0 Å². The second-order valence-corrected chi connectivity index (χ2v) is 3.99. The fourth-order valence-corrected chi connectivity index (χ4v) is 1.78. The summed E-state index contributed by atoms with van der Waals surface area (Å²) in [5, 5.41) is 9.97. The molecule has 1 aromatic carbocycles. The van der Waals surface area contributed by atoms with E-state index in [-0.39, 0.29) is 11.2 Å². The molecule has 1 unspecified atom stereocenters. The highest BCUT2D eigenvalue weighted by molar-refractivity contribution is 5.24. The maximum atomic E-state index is 13.3. The van der Waals surface area contributed by atoms with E-state index in [0.717, 1.165) is 12.8 Å². The van der Waals surface area contributed by atoms with Crippen molar-refractivity contribution in [3.8, 4) is 0 Å². The molecule has 0 amide bonds. The van der Waals surface area contributed by atoms with Crippen LogP contribution in [0.15, 0.2) is 24.3 Å². The first-order valence-corrected chi connectivity index (χ1v) is 4.82. The Morgan fingerprint density at radius 3 is 2.57 bits per heavy atom. The summed E-state index contributed by atoms with van der Waals surface area (Å²) in [5.41, 5.74) is 5.68. The van der Waals surface area contributed by atoms with E-state index in [1.54, 1.807) is 18.2 Å². The summed E-state index contributed by atoms with van der Waals surface area (Å²) in [4.78, 5) is 0. The fraction of sp³-hybridized carbons (Fsp3) is 0.455. The Labute approximate surface area is 82.5 Å². The summed E-state index contributed by atoms with van der Waals surface area (Å²) >= 11 is 0. The Bertz CT molecular complexity index is 336. The van der Waals surface area contributed by atoms with Gasteiger partial charge in [-0.1, -0.05) is 18.2 Å². The maximum absolute atomic E-state index is 13.3. The van der Waals surface area contributed by atoms with Crippen molar-refractivity contribution in [2.75, 3.05) is 6.54 Å². The number of hydrogen-bond donors (Lipinski definition) is 2. The van der Waals surface area contributed by atoms with Crippen LogP contribution < -0.4 is 5.73 Å². The molecule has 2 rings (SSSR count). The molecule has 0 bridgehead atoms. The van der Waals surface area contributed by atoms with Crippen LogP contribution in [0.2, 0.25) is 0 Å². The lowest BCUT2D eigenvalue weighted by atomic mass is 9.92. The van der Waals surface area contributed by atoms with Crippen molar-refractivity contribution in [1.82, 2.24) is 0 Å². The molecule has 76 valence electrons. The molecule has 14 heavy (non-hydrogen) atoms. The number of aliphatic hydroxyl groups is 1. The van der Waals surface area contributed by atoms with Gasteiger partial charge < -0.3 is 10.8 Å². The molecular weight excluding hydrogens is 181 g/mol. The van der Waals surface area contributed by atoms with Gasteiger partial charge in [-0.05, 0) is 18.9 Å². The first kappa shape index (κ1) is 9.62. The van der Waals surface area contributed by atoms with Crippen LogP contribution in [0.1, 0.15) is 24.5 Å². The summed E-state index contributed by atoms with van der Waals surface area (Å²) in [6, 6.07) is 6.34. The van der Waals surface area contributed by atoms with Gasteiger partial charge in [0, 0.05) is 17.5 Å². The molecule has 0 heterocycles. The average molecular weight is 195 g/mol. The summed E-state index contributed by atoms with van der Waals surface area (Å²) in [7, 11) is 0. The molecule has 1 fully saturated rings. The summed E-state index contributed by atoms with van der Waals surface area (Å²) < 4.78 is 13.3. The molecule has 0 radical (unpaired) electrons. The Hall–Kier alpha value is -0.930. The predicted octanol–water partition coefficient (Wildman–Crippen LogP) is 1.60. The van der Waals surface area contributed by atoms with Crippen molar-refractivity contribution >= 4 is 0 Å². The molecule has 0 saturated heterocycles. The third kappa shape index (κ3) is 1.42. The average Bonchev–Trinajstić information content (AvgIpc) is 2.98. The molecule has 1 saturated carbocycles. The van der Waals surface area contributed by atoms with Gasteiger partial charge in [-0.3, -0.25) is 0 Å². The van der Waals surface area contributed by atoms with Gasteiger partial charge in [0.2, 0.25) is 0 Å². The van der Waals surface area contributed by atoms with Crippen molar-refractivity contribution in [2.24, 2.45) is 11.1 Å². The second kappa shape index (κ2) is 3.33. The van der Waals surface area contributed by atoms with Crippen LogP contribution in [0.25, 0.3) is 0 Å². The third-order valence-electron chi connectivity index (χ3n) is 3.08. The lowest BCUT2D eigenvalue weighted by Gasteiger charge is -2.21. The van der Waals surface area contributed by atoms with Crippen molar-refractivity contribution in [3.05, 3.63) is 35.6 Å². The highest BCUT2D eigenvalue weighted by Gasteiger charge is 2.48. The van der Waals surface area contributed by atoms with Crippen LogP contribution >= 0.6 is 0 Å². The number of halogens is 1. The molecule has 1 aliphatic rings. The molecule has 1 aromatic rings. The number of hydrogen-bond acceptors (Lipinski definition) is 2. The predicted molar refractivity (Wildman–Crippen MR) is 52.1 cm³/mol. The standard InChI is InChI=1S/C11H14FNO/c12-9-4-2-1-3-8(9)10(14)11(7-13)5-6-11/h1-4,10,14H,5-7,13H2. The normalized spacial score (nSPS) is 20.5. The maximum Gasteiger partial charge on any atom is 0.129 e. The Morgan fingerprint density at radius 1 is 1.43 bits per heavy atom. The van der Waals surface area contributed by atoms with Gasteiger partial charge in [0.15, 0.2) is 0 Å². The molecule has 3 heteroatoms.